The number of alkyl halides is 3. The lowest BCUT2D eigenvalue weighted by Gasteiger charge is -2.35. The topological polar surface area (TPSA) is 60.0 Å². The molecule has 0 aromatic heterocycles. The summed E-state index contributed by atoms with van der Waals surface area (Å²) in [6.45, 7) is 0.690. The van der Waals surface area contributed by atoms with Gasteiger partial charge in [0.25, 0.3) is 0 Å². The van der Waals surface area contributed by atoms with E-state index in [1.165, 1.54) is 37.4 Å². The SMILES string of the molecule is COCCOc1cc([C@H]2CCCN(C[C@H](OC(=O)Nc3ccc(Cl)cc3)C(F)(F)F)C2)ccc1F.Cl. The fourth-order valence-electron chi connectivity index (χ4n) is 3.86. The Bertz CT molecular complexity index is 980. The maximum Gasteiger partial charge on any atom is 0.426 e. The van der Waals surface area contributed by atoms with Crippen molar-refractivity contribution < 1.29 is 36.6 Å². The molecule has 1 aliphatic heterocycles. The predicted octanol–water partition coefficient (Wildman–Crippen LogP) is 6.29. The summed E-state index contributed by atoms with van der Waals surface area (Å²) < 4.78 is 70.2. The molecule has 0 unspecified atom stereocenters. The second-order valence-corrected chi connectivity index (χ2v) is 8.63. The second kappa shape index (κ2) is 13.9. The lowest BCUT2D eigenvalue weighted by Crippen LogP contribution is -2.47. The van der Waals surface area contributed by atoms with E-state index in [0.717, 1.165) is 12.0 Å². The summed E-state index contributed by atoms with van der Waals surface area (Å²) in [6.07, 6.45) is -6.89. The number of rotatable bonds is 9. The van der Waals surface area contributed by atoms with Gasteiger partial charge in [-0.1, -0.05) is 17.7 Å². The molecule has 200 valence electrons. The molecule has 0 radical (unpaired) electrons. The maximum atomic E-state index is 14.1. The minimum Gasteiger partial charge on any atom is -0.488 e. The molecule has 0 aliphatic carbocycles. The van der Waals surface area contributed by atoms with Crippen molar-refractivity contribution in [2.75, 3.05) is 45.3 Å². The number of anilines is 1. The van der Waals surface area contributed by atoms with Gasteiger partial charge in [-0.3, -0.25) is 10.2 Å². The summed E-state index contributed by atoms with van der Waals surface area (Å²) in [5, 5.41) is 2.70. The first kappa shape index (κ1) is 30.0. The normalized spacial score (nSPS) is 17.1. The molecule has 1 aliphatic rings. The van der Waals surface area contributed by atoms with Gasteiger partial charge in [-0.05, 0) is 67.3 Å². The van der Waals surface area contributed by atoms with Gasteiger partial charge in [0.2, 0.25) is 6.10 Å². The maximum absolute atomic E-state index is 14.1. The van der Waals surface area contributed by atoms with Gasteiger partial charge in [-0.25, -0.2) is 9.18 Å². The third kappa shape index (κ3) is 8.99. The summed E-state index contributed by atoms with van der Waals surface area (Å²) in [5.74, 6) is -0.562. The lowest BCUT2D eigenvalue weighted by molar-refractivity contribution is -0.207. The van der Waals surface area contributed by atoms with Gasteiger partial charge in [-0.15, -0.1) is 12.4 Å². The van der Waals surface area contributed by atoms with Gasteiger partial charge >= 0.3 is 12.3 Å². The number of hydrogen-bond acceptors (Lipinski definition) is 5. The van der Waals surface area contributed by atoms with E-state index in [4.69, 9.17) is 25.8 Å². The molecule has 2 atom stereocenters. The van der Waals surface area contributed by atoms with Crippen molar-refractivity contribution in [3.8, 4) is 5.75 Å². The fraction of sp³-hybridized carbons (Fsp3) is 0.458. The van der Waals surface area contributed by atoms with Crippen LogP contribution in [0.4, 0.5) is 28.0 Å². The quantitative estimate of drug-likeness (QED) is 0.292. The molecule has 1 heterocycles. The second-order valence-electron chi connectivity index (χ2n) is 8.20. The highest BCUT2D eigenvalue weighted by atomic mass is 35.5. The van der Waals surface area contributed by atoms with Crippen LogP contribution in [0.25, 0.3) is 0 Å². The van der Waals surface area contributed by atoms with Crippen LogP contribution >= 0.6 is 24.0 Å². The molecule has 0 saturated carbocycles. The van der Waals surface area contributed by atoms with E-state index in [2.05, 4.69) is 5.32 Å². The van der Waals surface area contributed by atoms with Gasteiger partial charge < -0.3 is 14.2 Å². The zero-order valence-corrected chi connectivity index (χ0v) is 21.1. The van der Waals surface area contributed by atoms with Crippen molar-refractivity contribution in [2.45, 2.75) is 31.0 Å². The van der Waals surface area contributed by atoms with Gasteiger partial charge in [0.1, 0.15) is 6.61 Å². The van der Waals surface area contributed by atoms with Gasteiger partial charge in [0.05, 0.1) is 6.61 Å². The van der Waals surface area contributed by atoms with Crippen LogP contribution in [-0.4, -0.2) is 63.2 Å². The summed E-state index contributed by atoms with van der Waals surface area (Å²) in [6, 6.07) is 10.4. The molecule has 0 bridgehead atoms. The van der Waals surface area contributed by atoms with Crippen LogP contribution in [0.15, 0.2) is 42.5 Å². The smallest absolute Gasteiger partial charge is 0.426 e. The van der Waals surface area contributed by atoms with Crippen LogP contribution < -0.4 is 10.1 Å². The number of nitrogens with zero attached hydrogens (tertiary/aromatic N) is 1. The van der Waals surface area contributed by atoms with Crippen LogP contribution in [0.1, 0.15) is 24.3 Å². The van der Waals surface area contributed by atoms with E-state index >= 15 is 0 Å². The van der Waals surface area contributed by atoms with Crippen molar-refractivity contribution in [3.05, 3.63) is 58.9 Å². The number of hydrogen-bond donors (Lipinski definition) is 1. The number of benzene rings is 2. The van der Waals surface area contributed by atoms with E-state index in [9.17, 15) is 22.4 Å². The first-order valence-electron chi connectivity index (χ1n) is 11.1. The van der Waals surface area contributed by atoms with Gasteiger partial charge in [0, 0.05) is 30.9 Å². The molecule has 1 amide bonds. The fourth-order valence-corrected chi connectivity index (χ4v) is 3.99. The Kier molecular flexibility index (Phi) is 11.5. The van der Waals surface area contributed by atoms with Gasteiger partial charge in [-0.2, -0.15) is 13.2 Å². The number of amides is 1. The highest BCUT2D eigenvalue weighted by Crippen LogP contribution is 2.32. The average Bonchev–Trinajstić information content (AvgIpc) is 2.81. The molecule has 0 spiro atoms. The summed E-state index contributed by atoms with van der Waals surface area (Å²) in [7, 11) is 1.51. The Morgan fingerprint density at radius 2 is 1.92 bits per heavy atom. The summed E-state index contributed by atoms with van der Waals surface area (Å²) >= 11 is 5.77. The van der Waals surface area contributed by atoms with Crippen molar-refractivity contribution in [1.82, 2.24) is 4.90 Å². The van der Waals surface area contributed by atoms with E-state index in [1.807, 2.05) is 0 Å². The van der Waals surface area contributed by atoms with E-state index in [0.29, 0.717) is 31.1 Å². The molecule has 2 aromatic carbocycles. The Morgan fingerprint density at radius 1 is 1.19 bits per heavy atom. The first-order valence-corrected chi connectivity index (χ1v) is 11.5. The number of halogens is 6. The molecular weight excluding hydrogens is 527 g/mol. The highest BCUT2D eigenvalue weighted by Gasteiger charge is 2.44. The highest BCUT2D eigenvalue weighted by molar-refractivity contribution is 6.30. The number of carbonyl (C=O) groups is 1. The molecule has 3 rings (SSSR count). The Balaban J connectivity index is 0.00000456. The van der Waals surface area contributed by atoms with Crippen molar-refractivity contribution >= 4 is 35.8 Å². The molecule has 12 heteroatoms. The zero-order chi connectivity index (χ0) is 25.4. The average molecular weight is 555 g/mol. The van der Waals surface area contributed by atoms with Gasteiger partial charge in [0.15, 0.2) is 11.6 Å². The van der Waals surface area contributed by atoms with Crippen molar-refractivity contribution in [1.29, 1.82) is 0 Å². The monoisotopic (exact) mass is 554 g/mol. The molecule has 1 saturated heterocycles. The summed E-state index contributed by atoms with van der Waals surface area (Å²) in [5.41, 5.74) is 1.03. The predicted molar refractivity (Wildman–Crippen MR) is 131 cm³/mol. The lowest BCUT2D eigenvalue weighted by atomic mass is 9.90. The largest absolute Gasteiger partial charge is 0.488 e. The van der Waals surface area contributed by atoms with E-state index in [1.54, 1.807) is 17.0 Å². The van der Waals surface area contributed by atoms with Crippen LogP contribution in [-0.2, 0) is 9.47 Å². The van der Waals surface area contributed by atoms with Crippen molar-refractivity contribution in [3.63, 3.8) is 0 Å². The van der Waals surface area contributed by atoms with E-state index in [-0.39, 0.29) is 36.4 Å². The van der Waals surface area contributed by atoms with Crippen LogP contribution in [0.2, 0.25) is 5.02 Å². The molecular formula is C24H28Cl2F4N2O4. The van der Waals surface area contributed by atoms with Crippen molar-refractivity contribution in [2.24, 2.45) is 0 Å². The minimum atomic E-state index is -4.75. The first-order chi connectivity index (χ1) is 16.7. The Hall–Kier alpha value is -2.27. The molecule has 36 heavy (non-hydrogen) atoms. The van der Waals surface area contributed by atoms with Crippen LogP contribution in [0, 0.1) is 5.82 Å². The number of methoxy groups -OCH3 is 1. The third-order valence-electron chi connectivity index (χ3n) is 5.61. The molecule has 6 nitrogen and oxygen atoms in total. The number of piperidine rings is 1. The van der Waals surface area contributed by atoms with Crippen LogP contribution in [0.3, 0.4) is 0 Å². The standard InChI is InChI=1S/C24H27ClF4N2O4.ClH/c1-33-11-12-34-21-13-16(4-9-20(21)26)17-3-2-10-31(14-17)15-22(24(27,28)29)35-23(32)30-19-7-5-18(25)6-8-19;/h4-9,13,17,22H,2-3,10-12,14-15H2,1H3,(H,30,32);1H/t17-,22-;/m0./s1. The number of likely N-dealkylation sites (tertiary alicyclic amines) is 1. The van der Waals surface area contributed by atoms with E-state index < -0.39 is 30.7 Å². The number of ether oxygens (including phenoxy) is 3. The third-order valence-corrected chi connectivity index (χ3v) is 5.86. The Morgan fingerprint density at radius 3 is 2.58 bits per heavy atom. The van der Waals surface area contributed by atoms with Crippen LogP contribution in [0.5, 0.6) is 5.75 Å². The number of nitrogens with one attached hydrogen (secondary N) is 1. The molecule has 1 fully saturated rings. The minimum absolute atomic E-state index is 0. The summed E-state index contributed by atoms with van der Waals surface area (Å²) in [4.78, 5) is 13.7. The number of carbonyl (C=O) groups excluding carboxylic acids is 1. The molecule has 2 aromatic rings. The molecule has 1 N–H and O–H groups in total. The zero-order valence-electron chi connectivity index (χ0n) is 19.5. The Labute approximate surface area is 218 Å².